The maximum Gasteiger partial charge on any atom is 0.255 e. The number of nitriles is 2. The molecule has 0 aliphatic carbocycles. The molecule has 31 heavy (non-hydrogen) atoms. The highest BCUT2D eigenvalue weighted by Crippen LogP contribution is 2.31. The van der Waals surface area contributed by atoms with Crippen molar-refractivity contribution in [2.24, 2.45) is 0 Å². The van der Waals surface area contributed by atoms with Crippen molar-refractivity contribution in [2.45, 2.75) is 33.1 Å². The quantitative estimate of drug-likeness (QED) is 0.661. The molecule has 154 valence electrons. The van der Waals surface area contributed by atoms with Gasteiger partial charge in [0.1, 0.15) is 11.9 Å². The minimum atomic E-state index is -0.800. The summed E-state index contributed by atoms with van der Waals surface area (Å²) in [5.41, 5.74) is 10.2. The summed E-state index contributed by atoms with van der Waals surface area (Å²) in [4.78, 5) is 21.2. The summed E-state index contributed by atoms with van der Waals surface area (Å²) in [6, 6.07) is 13.1. The number of carbonyl (C=O) groups is 1. The number of hydrogen-bond acceptors (Lipinski definition) is 6. The fourth-order valence-corrected chi connectivity index (χ4v) is 3.20. The van der Waals surface area contributed by atoms with Crippen LogP contribution in [0.3, 0.4) is 0 Å². The van der Waals surface area contributed by atoms with Gasteiger partial charge in [0.2, 0.25) is 0 Å². The molecule has 0 aliphatic rings. The number of aromatic nitrogens is 2. The molecule has 0 unspecified atom stereocenters. The summed E-state index contributed by atoms with van der Waals surface area (Å²) < 4.78 is 0. The largest absolute Gasteiger partial charge is 0.383 e. The van der Waals surface area contributed by atoms with Gasteiger partial charge in [-0.05, 0) is 68.7 Å². The Labute approximate surface area is 181 Å². The van der Waals surface area contributed by atoms with Crippen LogP contribution in [0.2, 0.25) is 0 Å². The first-order valence-electron chi connectivity index (χ1n) is 9.63. The summed E-state index contributed by atoms with van der Waals surface area (Å²) in [6.45, 7) is 7.28. The third kappa shape index (κ3) is 4.22. The average Bonchev–Trinajstić information content (AvgIpc) is 2.76. The van der Waals surface area contributed by atoms with Crippen molar-refractivity contribution in [3.63, 3.8) is 0 Å². The Bertz CT molecular complexity index is 1260. The second-order valence-electron chi connectivity index (χ2n) is 7.82. The minimum absolute atomic E-state index is 0.194. The molecule has 1 amide bonds. The van der Waals surface area contributed by atoms with E-state index < -0.39 is 5.41 Å². The Hall–Kier alpha value is -4.23. The van der Waals surface area contributed by atoms with Crippen molar-refractivity contribution in [1.29, 1.82) is 10.5 Å². The van der Waals surface area contributed by atoms with E-state index in [-0.39, 0.29) is 11.7 Å². The minimum Gasteiger partial charge on any atom is -0.383 e. The highest BCUT2D eigenvalue weighted by Gasteiger charge is 2.22. The lowest BCUT2D eigenvalue weighted by Gasteiger charge is -2.16. The van der Waals surface area contributed by atoms with Gasteiger partial charge in [-0.1, -0.05) is 6.07 Å². The third-order valence-electron chi connectivity index (χ3n) is 5.21. The predicted molar refractivity (Wildman–Crippen MR) is 119 cm³/mol. The molecule has 2 heterocycles. The monoisotopic (exact) mass is 410 g/mol. The van der Waals surface area contributed by atoms with Gasteiger partial charge in [0.15, 0.2) is 0 Å². The van der Waals surface area contributed by atoms with Crippen LogP contribution in [0.1, 0.15) is 46.6 Å². The third-order valence-corrected chi connectivity index (χ3v) is 5.21. The Balaban J connectivity index is 1.96. The molecule has 3 N–H and O–H groups in total. The topological polar surface area (TPSA) is 128 Å². The normalized spacial score (nSPS) is 10.8. The van der Waals surface area contributed by atoms with Gasteiger partial charge < -0.3 is 11.1 Å². The molecule has 0 saturated heterocycles. The summed E-state index contributed by atoms with van der Waals surface area (Å²) >= 11 is 0. The van der Waals surface area contributed by atoms with Crippen LogP contribution in [0.5, 0.6) is 0 Å². The summed E-state index contributed by atoms with van der Waals surface area (Å²) in [6.07, 6.45) is 3.16. The van der Waals surface area contributed by atoms with Gasteiger partial charge in [0.25, 0.3) is 5.91 Å². The molecular formula is C24H22N6O. The number of pyridine rings is 2. The molecule has 1 aromatic carbocycles. The van der Waals surface area contributed by atoms with Crippen LogP contribution >= 0.6 is 0 Å². The van der Waals surface area contributed by atoms with Gasteiger partial charge in [0.05, 0.1) is 22.7 Å². The van der Waals surface area contributed by atoms with E-state index >= 15 is 0 Å². The summed E-state index contributed by atoms with van der Waals surface area (Å²) in [5.74, 6) is -0.114. The highest BCUT2D eigenvalue weighted by molar-refractivity contribution is 6.04. The Morgan fingerprint density at radius 1 is 1.10 bits per heavy atom. The smallest absolute Gasteiger partial charge is 0.255 e. The lowest BCUT2D eigenvalue weighted by molar-refractivity contribution is 0.102. The van der Waals surface area contributed by atoms with E-state index in [1.54, 1.807) is 32.2 Å². The number of nitrogen functional groups attached to an aromatic ring is 1. The van der Waals surface area contributed by atoms with Crippen molar-refractivity contribution >= 4 is 17.4 Å². The van der Waals surface area contributed by atoms with Crippen LogP contribution < -0.4 is 11.1 Å². The zero-order valence-corrected chi connectivity index (χ0v) is 17.8. The van der Waals surface area contributed by atoms with E-state index in [0.29, 0.717) is 22.5 Å². The SMILES string of the molecule is Cc1ccc(NC(=O)c2ccnc(C(C)(C)C#N)c2)cc1-c1cnc(N)c(C#N)c1C. The molecule has 7 nitrogen and oxygen atoms in total. The van der Waals surface area contributed by atoms with E-state index in [4.69, 9.17) is 5.73 Å². The Kier molecular flexibility index (Phi) is 5.72. The van der Waals surface area contributed by atoms with Crippen molar-refractivity contribution in [3.05, 3.63) is 70.7 Å². The highest BCUT2D eigenvalue weighted by atomic mass is 16.1. The number of carbonyl (C=O) groups excluding carboxylic acids is 1. The number of aryl methyl sites for hydroxylation is 1. The predicted octanol–water partition coefficient (Wildman–Crippen LogP) is 4.27. The number of anilines is 2. The number of nitrogens with zero attached hydrogens (tertiary/aromatic N) is 4. The van der Waals surface area contributed by atoms with Crippen molar-refractivity contribution in [2.75, 3.05) is 11.1 Å². The van der Waals surface area contributed by atoms with E-state index in [9.17, 15) is 15.3 Å². The van der Waals surface area contributed by atoms with Crippen LogP contribution in [-0.4, -0.2) is 15.9 Å². The molecule has 2 aromatic heterocycles. The number of nitrogens with two attached hydrogens (primary N) is 1. The van der Waals surface area contributed by atoms with Gasteiger partial charge in [-0.3, -0.25) is 9.78 Å². The maximum absolute atomic E-state index is 12.8. The van der Waals surface area contributed by atoms with Gasteiger partial charge in [0, 0.05) is 29.2 Å². The van der Waals surface area contributed by atoms with Gasteiger partial charge in [-0.2, -0.15) is 10.5 Å². The van der Waals surface area contributed by atoms with E-state index in [2.05, 4.69) is 27.4 Å². The van der Waals surface area contributed by atoms with Crippen LogP contribution in [0.4, 0.5) is 11.5 Å². The van der Waals surface area contributed by atoms with E-state index in [0.717, 1.165) is 22.3 Å². The first-order chi connectivity index (χ1) is 14.7. The lowest BCUT2D eigenvalue weighted by Crippen LogP contribution is -2.18. The standard InChI is InChI=1S/C24H22N6O/c1-14-5-6-17(10-18(14)20-12-29-22(27)19(11-25)15(20)2)30-23(31)16-7-8-28-21(9-16)24(3,4)13-26/h5-10,12H,1-4H3,(H2,27,29)(H,30,31). The number of benzene rings is 1. The molecule has 0 spiro atoms. The average molecular weight is 410 g/mol. The first kappa shape index (κ1) is 21.5. The molecule has 3 aromatic rings. The van der Waals surface area contributed by atoms with E-state index in [1.807, 2.05) is 32.0 Å². The Morgan fingerprint density at radius 2 is 1.84 bits per heavy atom. The molecule has 0 saturated carbocycles. The van der Waals surface area contributed by atoms with Crippen LogP contribution in [-0.2, 0) is 5.41 Å². The molecule has 0 bridgehead atoms. The number of rotatable bonds is 4. The number of nitrogens with one attached hydrogen (secondary N) is 1. The van der Waals surface area contributed by atoms with Crippen LogP contribution in [0.25, 0.3) is 11.1 Å². The number of hydrogen-bond donors (Lipinski definition) is 2. The van der Waals surface area contributed by atoms with Crippen molar-refractivity contribution in [1.82, 2.24) is 9.97 Å². The van der Waals surface area contributed by atoms with Crippen molar-refractivity contribution < 1.29 is 4.79 Å². The molecule has 0 aliphatic heterocycles. The van der Waals surface area contributed by atoms with Crippen molar-refractivity contribution in [3.8, 4) is 23.3 Å². The summed E-state index contributed by atoms with van der Waals surface area (Å²) in [5, 5.41) is 21.6. The van der Waals surface area contributed by atoms with Gasteiger partial charge in [-0.25, -0.2) is 4.98 Å². The fraction of sp³-hybridized carbons (Fsp3) is 0.208. The second-order valence-corrected chi connectivity index (χ2v) is 7.82. The van der Waals surface area contributed by atoms with Crippen LogP contribution in [0, 0.1) is 36.5 Å². The van der Waals surface area contributed by atoms with Gasteiger partial charge >= 0.3 is 0 Å². The Morgan fingerprint density at radius 3 is 2.52 bits per heavy atom. The molecule has 0 fully saturated rings. The maximum atomic E-state index is 12.8. The fourth-order valence-electron chi connectivity index (χ4n) is 3.20. The molecular weight excluding hydrogens is 388 g/mol. The molecule has 0 radical (unpaired) electrons. The molecule has 3 rings (SSSR count). The second kappa shape index (κ2) is 8.25. The summed E-state index contributed by atoms with van der Waals surface area (Å²) in [7, 11) is 0. The zero-order valence-electron chi connectivity index (χ0n) is 17.8. The first-order valence-corrected chi connectivity index (χ1v) is 9.63. The van der Waals surface area contributed by atoms with E-state index in [1.165, 1.54) is 6.20 Å². The zero-order chi connectivity index (χ0) is 22.8. The molecule has 0 atom stereocenters. The van der Waals surface area contributed by atoms with Gasteiger partial charge in [-0.15, -0.1) is 0 Å². The van der Waals surface area contributed by atoms with Crippen LogP contribution in [0.15, 0.2) is 42.7 Å². The molecule has 7 heteroatoms. The lowest BCUT2D eigenvalue weighted by atomic mass is 9.90. The number of amides is 1.